The largest absolute Gasteiger partial charge is 0.382 e. The number of hydrogen-bond acceptors (Lipinski definition) is 6. The molecule has 11 heteroatoms. The Morgan fingerprint density at radius 1 is 1.07 bits per heavy atom. The van der Waals surface area contributed by atoms with Crippen molar-refractivity contribution in [1.82, 2.24) is 14.5 Å². The van der Waals surface area contributed by atoms with Crippen LogP contribution in [0, 0.1) is 0 Å². The molecule has 0 atom stereocenters. The first-order valence-corrected chi connectivity index (χ1v) is 12.2. The molecular weight excluding hydrogens is 523 g/mol. The zero-order chi connectivity index (χ0) is 21.5. The minimum absolute atomic E-state index is 0. The maximum Gasteiger partial charge on any atom is 0.216 e. The van der Waals surface area contributed by atoms with E-state index in [2.05, 4.69) is 10.2 Å². The SMILES string of the molecule is CCNC(=NCCCCOCCOC)N1CCN(S(=O)(=O)CCOC(C)C)CC1.I. The molecule has 0 unspecified atom stereocenters. The average Bonchev–Trinajstić information content (AvgIpc) is 2.69. The van der Waals surface area contributed by atoms with Gasteiger partial charge in [-0.3, -0.25) is 4.99 Å². The fraction of sp³-hybridized carbons (Fsp3) is 0.947. The standard InChI is InChI=1S/C19H40N4O5S.HI/c1-5-20-19(21-8-6-7-13-27-15-14-26-4)22-9-11-23(12-10-22)29(24,25)17-16-28-18(2)3;/h18H,5-17H2,1-4H3,(H,20,21);1H. The third-order valence-electron chi connectivity index (χ3n) is 4.45. The molecule has 0 aromatic heterocycles. The molecule has 1 N–H and O–H groups in total. The number of hydrogen-bond donors (Lipinski definition) is 1. The minimum Gasteiger partial charge on any atom is -0.382 e. The first-order chi connectivity index (χ1) is 13.9. The molecule has 1 aliphatic heterocycles. The van der Waals surface area contributed by atoms with E-state index in [1.54, 1.807) is 11.4 Å². The van der Waals surface area contributed by atoms with Crippen LogP contribution in [0.4, 0.5) is 0 Å². The molecule has 0 aliphatic carbocycles. The number of rotatable bonds is 14. The second-order valence-electron chi connectivity index (χ2n) is 7.17. The average molecular weight is 565 g/mol. The van der Waals surface area contributed by atoms with E-state index in [1.165, 1.54) is 0 Å². The van der Waals surface area contributed by atoms with Crippen LogP contribution in [0.5, 0.6) is 0 Å². The molecule has 9 nitrogen and oxygen atoms in total. The van der Waals surface area contributed by atoms with Crippen LogP contribution in [0.2, 0.25) is 0 Å². The second kappa shape index (κ2) is 17.4. The lowest BCUT2D eigenvalue weighted by atomic mass is 10.3. The van der Waals surface area contributed by atoms with Crippen molar-refractivity contribution >= 4 is 40.0 Å². The van der Waals surface area contributed by atoms with Gasteiger partial charge in [-0.15, -0.1) is 24.0 Å². The normalized spacial score (nSPS) is 16.0. The summed E-state index contributed by atoms with van der Waals surface area (Å²) < 4.78 is 42.3. The van der Waals surface area contributed by atoms with Crippen molar-refractivity contribution in [3.05, 3.63) is 0 Å². The van der Waals surface area contributed by atoms with Gasteiger partial charge < -0.3 is 24.4 Å². The maximum absolute atomic E-state index is 12.5. The fourth-order valence-electron chi connectivity index (χ4n) is 2.87. The van der Waals surface area contributed by atoms with E-state index >= 15 is 0 Å². The molecule has 30 heavy (non-hydrogen) atoms. The van der Waals surface area contributed by atoms with Crippen molar-refractivity contribution in [2.75, 3.05) is 78.6 Å². The smallest absolute Gasteiger partial charge is 0.216 e. The third kappa shape index (κ3) is 12.6. The van der Waals surface area contributed by atoms with Gasteiger partial charge in [-0.25, -0.2) is 8.42 Å². The van der Waals surface area contributed by atoms with E-state index in [4.69, 9.17) is 19.2 Å². The molecule has 0 radical (unpaired) electrons. The van der Waals surface area contributed by atoms with Crippen LogP contribution < -0.4 is 5.32 Å². The Balaban J connectivity index is 0.00000841. The number of unbranched alkanes of at least 4 members (excludes halogenated alkanes) is 1. The van der Waals surface area contributed by atoms with Crippen LogP contribution in [-0.2, 0) is 24.2 Å². The molecule has 1 fully saturated rings. The molecule has 0 saturated carbocycles. The lowest BCUT2D eigenvalue weighted by molar-refractivity contribution is 0.0690. The minimum atomic E-state index is -3.28. The summed E-state index contributed by atoms with van der Waals surface area (Å²) in [4.78, 5) is 6.82. The number of sulfonamides is 1. The first kappa shape index (κ1) is 29.8. The van der Waals surface area contributed by atoms with Crippen LogP contribution in [0.25, 0.3) is 0 Å². The highest BCUT2D eigenvalue weighted by Gasteiger charge is 2.27. The van der Waals surface area contributed by atoms with Crippen molar-refractivity contribution in [2.45, 2.75) is 39.7 Å². The number of halogens is 1. The Morgan fingerprint density at radius 2 is 1.77 bits per heavy atom. The van der Waals surface area contributed by atoms with E-state index in [0.29, 0.717) is 46.0 Å². The summed E-state index contributed by atoms with van der Waals surface area (Å²) in [6.07, 6.45) is 1.95. The van der Waals surface area contributed by atoms with Gasteiger partial charge in [0.15, 0.2) is 5.96 Å². The molecule has 1 aliphatic rings. The highest BCUT2D eigenvalue weighted by atomic mass is 127. The first-order valence-electron chi connectivity index (χ1n) is 10.6. The lowest BCUT2D eigenvalue weighted by Gasteiger charge is -2.36. The number of methoxy groups -OCH3 is 1. The summed E-state index contributed by atoms with van der Waals surface area (Å²) in [6, 6.07) is 0. The molecule has 0 bridgehead atoms. The Morgan fingerprint density at radius 3 is 2.37 bits per heavy atom. The summed E-state index contributed by atoms with van der Waals surface area (Å²) >= 11 is 0. The van der Waals surface area contributed by atoms with Crippen molar-refractivity contribution in [2.24, 2.45) is 4.99 Å². The number of piperazine rings is 1. The monoisotopic (exact) mass is 564 g/mol. The van der Waals surface area contributed by atoms with Crippen molar-refractivity contribution in [3.63, 3.8) is 0 Å². The Labute approximate surface area is 200 Å². The molecular formula is C19H41IN4O5S. The molecule has 180 valence electrons. The zero-order valence-electron chi connectivity index (χ0n) is 19.0. The number of aliphatic imine (C=N–C) groups is 1. The highest BCUT2D eigenvalue weighted by Crippen LogP contribution is 2.09. The third-order valence-corrected chi connectivity index (χ3v) is 6.28. The summed E-state index contributed by atoms with van der Waals surface area (Å²) in [6.45, 7) is 11.8. The Kier molecular flexibility index (Phi) is 17.2. The molecule has 1 heterocycles. The molecule has 0 amide bonds. The van der Waals surface area contributed by atoms with Crippen LogP contribution in [0.15, 0.2) is 4.99 Å². The van der Waals surface area contributed by atoms with Crippen LogP contribution in [-0.4, -0.2) is 108 Å². The van der Waals surface area contributed by atoms with Crippen LogP contribution in [0.1, 0.15) is 33.6 Å². The number of guanidine groups is 1. The fourth-order valence-corrected chi connectivity index (χ4v) is 4.15. The lowest BCUT2D eigenvalue weighted by Crippen LogP contribution is -2.54. The Hall–Kier alpha value is -0.210. The van der Waals surface area contributed by atoms with Gasteiger partial charge in [0, 0.05) is 53.0 Å². The van der Waals surface area contributed by atoms with E-state index in [9.17, 15) is 8.42 Å². The van der Waals surface area contributed by atoms with Gasteiger partial charge in [-0.2, -0.15) is 4.31 Å². The van der Waals surface area contributed by atoms with E-state index in [-0.39, 0.29) is 42.4 Å². The number of ether oxygens (including phenoxy) is 3. The van der Waals surface area contributed by atoms with Crippen molar-refractivity contribution in [3.8, 4) is 0 Å². The quantitative estimate of drug-likeness (QED) is 0.148. The molecule has 0 aromatic rings. The summed E-state index contributed by atoms with van der Waals surface area (Å²) in [5, 5.41) is 3.31. The topological polar surface area (TPSA) is 92.7 Å². The van der Waals surface area contributed by atoms with Crippen molar-refractivity contribution in [1.29, 1.82) is 0 Å². The summed E-state index contributed by atoms with van der Waals surface area (Å²) in [7, 11) is -1.61. The van der Waals surface area contributed by atoms with Gasteiger partial charge in [0.1, 0.15) is 0 Å². The van der Waals surface area contributed by atoms with Crippen molar-refractivity contribution < 1.29 is 22.6 Å². The van der Waals surface area contributed by atoms with Gasteiger partial charge in [-0.1, -0.05) is 0 Å². The summed E-state index contributed by atoms with van der Waals surface area (Å²) in [5.74, 6) is 0.888. The molecule has 1 saturated heterocycles. The van der Waals surface area contributed by atoms with Crippen LogP contribution in [0.3, 0.4) is 0 Å². The number of nitrogens with one attached hydrogen (secondary N) is 1. The molecule has 0 spiro atoms. The van der Waals surface area contributed by atoms with Gasteiger partial charge in [0.05, 0.1) is 31.7 Å². The highest BCUT2D eigenvalue weighted by molar-refractivity contribution is 14.0. The maximum atomic E-state index is 12.5. The predicted octanol–water partition coefficient (Wildman–Crippen LogP) is 1.39. The van der Waals surface area contributed by atoms with E-state index in [0.717, 1.165) is 31.9 Å². The van der Waals surface area contributed by atoms with Crippen LogP contribution >= 0.6 is 24.0 Å². The zero-order valence-corrected chi connectivity index (χ0v) is 22.1. The summed E-state index contributed by atoms with van der Waals surface area (Å²) in [5.41, 5.74) is 0. The molecule has 1 rings (SSSR count). The van der Waals surface area contributed by atoms with Gasteiger partial charge in [0.2, 0.25) is 10.0 Å². The van der Waals surface area contributed by atoms with Gasteiger partial charge >= 0.3 is 0 Å². The van der Waals surface area contributed by atoms with Gasteiger partial charge in [0.25, 0.3) is 0 Å². The molecule has 0 aromatic carbocycles. The predicted molar refractivity (Wildman–Crippen MR) is 131 cm³/mol. The van der Waals surface area contributed by atoms with E-state index < -0.39 is 10.0 Å². The van der Waals surface area contributed by atoms with E-state index in [1.807, 2.05) is 20.8 Å². The second-order valence-corrected chi connectivity index (χ2v) is 9.26. The van der Waals surface area contributed by atoms with Gasteiger partial charge in [-0.05, 0) is 33.6 Å². The number of nitrogens with zero attached hydrogens (tertiary/aromatic N) is 3. The Bertz CT molecular complexity index is 555.